The van der Waals surface area contributed by atoms with E-state index in [-0.39, 0.29) is 0 Å². The summed E-state index contributed by atoms with van der Waals surface area (Å²) in [4.78, 5) is 3.54. The van der Waals surface area contributed by atoms with Gasteiger partial charge in [-0.25, -0.2) is 5.41 Å². The molecule has 0 aliphatic rings. The van der Waals surface area contributed by atoms with E-state index in [9.17, 15) is 0 Å². The summed E-state index contributed by atoms with van der Waals surface area (Å²) in [5.74, 6) is 0. The van der Waals surface area contributed by atoms with Crippen LogP contribution in [-0.2, 0) is 0 Å². The normalized spacial score (nSPS) is 9.25. The molecule has 1 rings (SSSR count). The monoisotopic (exact) mass is 220 g/mol. The number of halogens is 3. The number of hydrogen-bond donors (Lipinski definition) is 1. The lowest BCUT2D eigenvalue weighted by Gasteiger charge is -1.99. The van der Waals surface area contributed by atoms with Crippen LogP contribution in [0, 0.1) is 5.41 Å². The summed E-state index contributed by atoms with van der Waals surface area (Å²) in [6, 6.07) is 4.86. The third kappa shape index (κ3) is 1.99. The maximum Gasteiger partial charge on any atom is 0.112 e. The lowest BCUT2D eigenvalue weighted by molar-refractivity contribution is 1.48. The molecule has 5 heteroatoms. The van der Waals surface area contributed by atoms with Crippen LogP contribution in [0.4, 0.5) is 5.69 Å². The number of nitrogens with zero attached hydrogens (tertiary/aromatic N) is 1. The Labute approximate surface area is 84.3 Å². The van der Waals surface area contributed by atoms with Crippen molar-refractivity contribution in [3.63, 3.8) is 0 Å². The van der Waals surface area contributed by atoms with E-state index >= 15 is 0 Å². The van der Waals surface area contributed by atoms with Crippen molar-refractivity contribution in [2.24, 2.45) is 4.99 Å². The molecule has 62 valence electrons. The summed E-state index contributed by atoms with van der Waals surface area (Å²) in [5.41, 5.74) is 0.317. The fourth-order valence-electron chi connectivity index (χ4n) is 0.697. The molecular formula is C7H3Cl3N2. The molecule has 0 fully saturated rings. The highest BCUT2D eigenvalue weighted by atomic mass is 35.5. The van der Waals surface area contributed by atoms with E-state index in [2.05, 4.69) is 4.99 Å². The highest BCUT2D eigenvalue weighted by Gasteiger charge is 2.05. The Morgan fingerprint density at radius 3 is 2.08 bits per heavy atom. The van der Waals surface area contributed by atoms with Crippen molar-refractivity contribution in [3.8, 4) is 0 Å². The molecule has 1 N–H and O–H groups in total. The predicted molar refractivity (Wildman–Crippen MR) is 51.3 cm³/mol. The van der Waals surface area contributed by atoms with E-state index in [0.717, 1.165) is 0 Å². The Kier molecular flexibility index (Phi) is 3.12. The summed E-state index contributed by atoms with van der Waals surface area (Å²) < 4.78 is 0. The largest absolute Gasteiger partial charge is 0.241 e. The highest BCUT2D eigenvalue weighted by Crippen LogP contribution is 2.35. The summed E-state index contributed by atoms with van der Waals surface area (Å²) >= 11 is 17.1. The lowest BCUT2D eigenvalue weighted by Crippen LogP contribution is -1.72. The van der Waals surface area contributed by atoms with Crippen LogP contribution in [0.2, 0.25) is 15.1 Å². The van der Waals surface area contributed by atoms with Crippen molar-refractivity contribution in [2.45, 2.75) is 0 Å². The first-order valence-electron chi connectivity index (χ1n) is 2.92. The number of nitrogens with one attached hydrogen (secondary N) is 1. The van der Waals surface area contributed by atoms with E-state index < -0.39 is 0 Å². The maximum absolute atomic E-state index is 6.62. The van der Waals surface area contributed by atoms with Gasteiger partial charge in [0.1, 0.15) is 5.69 Å². The van der Waals surface area contributed by atoms with Crippen molar-refractivity contribution in [2.75, 3.05) is 0 Å². The predicted octanol–water partition coefficient (Wildman–Crippen LogP) is 4.03. The van der Waals surface area contributed by atoms with Crippen LogP contribution in [0.25, 0.3) is 0 Å². The number of benzene rings is 1. The molecule has 0 unspecified atom stereocenters. The van der Waals surface area contributed by atoms with Gasteiger partial charge in [0.25, 0.3) is 0 Å². The Bertz CT molecular complexity index is 333. The first-order valence-corrected chi connectivity index (χ1v) is 4.05. The molecule has 1 aromatic carbocycles. The minimum Gasteiger partial charge on any atom is -0.241 e. The van der Waals surface area contributed by atoms with Gasteiger partial charge in [-0.15, -0.1) is 0 Å². The maximum atomic E-state index is 6.62. The number of hydrogen-bond acceptors (Lipinski definition) is 2. The topological polar surface area (TPSA) is 36.2 Å². The fraction of sp³-hybridized carbons (Fsp3) is 0. The molecule has 0 heterocycles. The average Bonchev–Trinajstić information content (AvgIpc) is 1.96. The minimum absolute atomic E-state index is 0.312. The van der Waals surface area contributed by atoms with Crippen LogP contribution in [0.15, 0.2) is 17.1 Å². The number of rotatable bonds is 1. The fourth-order valence-corrected chi connectivity index (χ4v) is 1.60. The second-order valence-electron chi connectivity index (χ2n) is 1.94. The molecule has 0 aliphatic carbocycles. The Morgan fingerprint density at radius 2 is 1.67 bits per heavy atom. The highest BCUT2D eigenvalue weighted by molar-refractivity contribution is 6.41. The second-order valence-corrected chi connectivity index (χ2v) is 3.19. The zero-order valence-corrected chi connectivity index (χ0v) is 8.00. The van der Waals surface area contributed by atoms with Crippen LogP contribution >= 0.6 is 34.8 Å². The van der Waals surface area contributed by atoms with E-state index in [1.54, 1.807) is 0 Å². The van der Waals surface area contributed by atoms with Gasteiger partial charge in [-0.05, 0) is 12.1 Å². The summed E-state index contributed by atoms with van der Waals surface area (Å²) in [6.45, 7) is 0. The summed E-state index contributed by atoms with van der Waals surface area (Å²) in [6.07, 6.45) is 0. The van der Waals surface area contributed by atoms with Crippen molar-refractivity contribution < 1.29 is 0 Å². The van der Waals surface area contributed by atoms with Gasteiger partial charge in [-0.1, -0.05) is 34.8 Å². The molecule has 0 spiro atoms. The molecule has 2 nitrogen and oxygen atoms in total. The van der Waals surface area contributed by atoms with Crippen molar-refractivity contribution in [3.05, 3.63) is 27.2 Å². The molecule has 0 saturated carbocycles. The Balaban J connectivity index is 3.37. The van der Waals surface area contributed by atoms with Crippen molar-refractivity contribution >= 4 is 46.5 Å². The SMILES string of the molecule is N=C=Nc1c(Cl)cc(Cl)cc1Cl. The van der Waals surface area contributed by atoms with E-state index in [1.165, 1.54) is 12.1 Å². The van der Waals surface area contributed by atoms with Crippen molar-refractivity contribution in [1.29, 1.82) is 5.41 Å². The van der Waals surface area contributed by atoms with E-state index in [4.69, 9.17) is 40.2 Å². The molecule has 0 aliphatic heterocycles. The zero-order chi connectivity index (χ0) is 9.14. The van der Waals surface area contributed by atoms with Gasteiger partial charge in [-0.3, -0.25) is 0 Å². The molecular weight excluding hydrogens is 218 g/mol. The molecule has 0 aromatic heterocycles. The molecule has 0 amide bonds. The van der Waals surface area contributed by atoms with Crippen LogP contribution in [-0.4, -0.2) is 6.01 Å². The number of aliphatic imine (C=N–C) groups is 1. The lowest BCUT2D eigenvalue weighted by atomic mass is 10.3. The van der Waals surface area contributed by atoms with Crippen molar-refractivity contribution in [1.82, 2.24) is 0 Å². The molecule has 0 atom stereocenters. The Hall–Kier alpha value is -0.530. The standard InChI is InChI=1S/C7H3Cl3N2/c8-4-1-5(9)7(12-3-11)6(10)2-4/h1-2,11H. The summed E-state index contributed by atoms with van der Waals surface area (Å²) in [5, 5.41) is 7.68. The third-order valence-electron chi connectivity index (χ3n) is 1.15. The molecule has 1 aromatic rings. The zero-order valence-electron chi connectivity index (χ0n) is 5.74. The Morgan fingerprint density at radius 1 is 1.17 bits per heavy atom. The first kappa shape index (κ1) is 9.56. The van der Waals surface area contributed by atoms with Gasteiger partial charge in [0.15, 0.2) is 0 Å². The van der Waals surface area contributed by atoms with Crippen LogP contribution in [0.5, 0.6) is 0 Å². The molecule has 0 radical (unpaired) electrons. The smallest absolute Gasteiger partial charge is 0.112 e. The second kappa shape index (κ2) is 3.92. The average molecular weight is 221 g/mol. The molecule has 0 saturated heterocycles. The molecule has 12 heavy (non-hydrogen) atoms. The van der Waals surface area contributed by atoms with E-state index in [0.29, 0.717) is 20.8 Å². The minimum atomic E-state index is 0.312. The third-order valence-corrected chi connectivity index (χ3v) is 1.94. The summed E-state index contributed by atoms with van der Waals surface area (Å²) in [7, 11) is 0. The van der Waals surface area contributed by atoms with Crippen LogP contribution in [0.1, 0.15) is 0 Å². The van der Waals surface area contributed by atoms with Gasteiger partial charge in [0, 0.05) is 5.02 Å². The van der Waals surface area contributed by atoms with Gasteiger partial charge in [0.2, 0.25) is 0 Å². The van der Waals surface area contributed by atoms with Gasteiger partial charge in [0.05, 0.1) is 16.1 Å². The quantitative estimate of drug-likeness (QED) is 0.695. The van der Waals surface area contributed by atoms with Gasteiger partial charge >= 0.3 is 0 Å². The van der Waals surface area contributed by atoms with Crippen LogP contribution < -0.4 is 0 Å². The van der Waals surface area contributed by atoms with Gasteiger partial charge < -0.3 is 0 Å². The van der Waals surface area contributed by atoms with E-state index in [1.807, 2.05) is 6.01 Å². The van der Waals surface area contributed by atoms with Gasteiger partial charge in [-0.2, -0.15) is 4.99 Å². The molecule has 0 bridgehead atoms. The van der Waals surface area contributed by atoms with Crippen LogP contribution in [0.3, 0.4) is 0 Å². The first-order chi connectivity index (χ1) is 5.65.